The summed E-state index contributed by atoms with van der Waals surface area (Å²) in [5.74, 6) is 0.747. The zero-order valence-corrected chi connectivity index (χ0v) is 19.0. The highest BCUT2D eigenvalue weighted by Gasteiger charge is 2.31. The molecule has 0 spiro atoms. The monoisotopic (exact) mass is 504 g/mol. The van der Waals surface area contributed by atoms with Crippen LogP contribution in [0.4, 0.5) is 13.2 Å². The number of alkyl halides is 3. The summed E-state index contributed by atoms with van der Waals surface area (Å²) in [5, 5.41) is 10.2. The fourth-order valence-corrected chi connectivity index (χ4v) is 6.23. The van der Waals surface area contributed by atoms with Crippen LogP contribution >= 0.6 is 23.1 Å². The number of rotatable bonds is 8. The van der Waals surface area contributed by atoms with E-state index in [1.807, 2.05) is 0 Å². The van der Waals surface area contributed by atoms with Gasteiger partial charge in [0.2, 0.25) is 10.0 Å². The first kappa shape index (κ1) is 23.2. The largest absolute Gasteiger partial charge is 0.416 e. The zero-order valence-electron chi connectivity index (χ0n) is 16.6. The molecule has 0 aliphatic carbocycles. The van der Waals surface area contributed by atoms with Crippen molar-refractivity contribution in [1.29, 1.82) is 0 Å². The van der Waals surface area contributed by atoms with Gasteiger partial charge < -0.3 is 4.74 Å². The van der Waals surface area contributed by atoms with Crippen LogP contribution in [-0.4, -0.2) is 41.6 Å². The molecule has 4 rings (SSSR count). The van der Waals surface area contributed by atoms with Crippen LogP contribution in [0.15, 0.2) is 51.1 Å². The molecule has 3 heterocycles. The number of halogens is 3. The molecule has 1 aromatic carbocycles. The lowest BCUT2D eigenvalue weighted by Gasteiger charge is -2.14. The molecule has 0 amide bonds. The average molecular weight is 505 g/mol. The first-order valence-corrected chi connectivity index (χ1v) is 13.0. The van der Waals surface area contributed by atoms with Crippen LogP contribution in [0.2, 0.25) is 0 Å². The van der Waals surface area contributed by atoms with Crippen LogP contribution in [0.5, 0.6) is 0 Å². The van der Waals surface area contributed by atoms with Crippen LogP contribution in [0.25, 0.3) is 5.69 Å². The van der Waals surface area contributed by atoms with Gasteiger partial charge in [-0.15, -0.1) is 21.5 Å². The van der Waals surface area contributed by atoms with Gasteiger partial charge in [-0.25, -0.2) is 13.1 Å². The van der Waals surface area contributed by atoms with Crippen molar-refractivity contribution in [3.63, 3.8) is 0 Å². The molecule has 1 aliphatic heterocycles. The maximum Gasteiger partial charge on any atom is 0.416 e. The second kappa shape index (κ2) is 9.51. The topological polar surface area (TPSA) is 86.1 Å². The Hall–Kier alpha value is -1.93. The zero-order chi connectivity index (χ0) is 22.8. The van der Waals surface area contributed by atoms with Gasteiger partial charge in [0.25, 0.3) is 0 Å². The van der Waals surface area contributed by atoms with Crippen LogP contribution in [0, 0.1) is 0 Å². The van der Waals surface area contributed by atoms with Gasteiger partial charge in [0.05, 0.1) is 23.9 Å². The van der Waals surface area contributed by atoms with Crippen LogP contribution < -0.4 is 4.72 Å². The van der Waals surface area contributed by atoms with Crippen molar-refractivity contribution in [2.45, 2.75) is 41.0 Å². The van der Waals surface area contributed by atoms with E-state index in [2.05, 4.69) is 14.9 Å². The summed E-state index contributed by atoms with van der Waals surface area (Å²) in [7, 11) is -3.78. The van der Waals surface area contributed by atoms with Gasteiger partial charge in [0.15, 0.2) is 11.0 Å². The summed E-state index contributed by atoms with van der Waals surface area (Å²) in [4.78, 5) is 0. The molecule has 2 aromatic heterocycles. The SMILES string of the molecule is O=S(=O)(NCc1nnc(SCC2CCCO2)n1-c1cccc(C(F)(F)F)c1)c1cccs1. The fourth-order valence-electron chi connectivity index (χ4n) is 3.18. The Kier molecular flexibility index (Phi) is 6.91. The highest BCUT2D eigenvalue weighted by atomic mass is 32.2. The number of thiophene rings is 1. The van der Waals surface area contributed by atoms with E-state index >= 15 is 0 Å². The molecule has 1 aliphatic rings. The number of aromatic nitrogens is 3. The standard InChI is InChI=1S/C19H19F3N4O3S3/c20-19(21,22)13-4-1-5-14(10-13)26-16(11-23-32(27,28)17-7-3-9-30-17)24-25-18(26)31-12-15-6-2-8-29-15/h1,3-5,7,9-10,15,23H,2,6,8,11-12H2. The molecule has 1 atom stereocenters. The molecule has 1 fully saturated rings. The van der Waals surface area contributed by atoms with E-state index in [9.17, 15) is 21.6 Å². The molecule has 7 nitrogen and oxygen atoms in total. The first-order valence-electron chi connectivity index (χ1n) is 9.63. The molecule has 1 saturated heterocycles. The Morgan fingerprint density at radius 2 is 2.09 bits per heavy atom. The summed E-state index contributed by atoms with van der Waals surface area (Å²) in [6.45, 7) is 0.450. The number of nitrogens with zero attached hydrogens (tertiary/aromatic N) is 3. The molecule has 0 bridgehead atoms. The van der Waals surface area contributed by atoms with Crippen molar-refractivity contribution in [1.82, 2.24) is 19.5 Å². The molecular weight excluding hydrogens is 485 g/mol. The van der Waals surface area contributed by atoms with Gasteiger partial charge in [-0.2, -0.15) is 13.2 Å². The van der Waals surface area contributed by atoms with Gasteiger partial charge in [0, 0.05) is 12.4 Å². The van der Waals surface area contributed by atoms with Crippen molar-refractivity contribution >= 4 is 33.1 Å². The number of ether oxygens (including phenoxy) is 1. The molecular formula is C19H19F3N4O3S3. The van der Waals surface area contributed by atoms with E-state index in [0.29, 0.717) is 17.5 Å². The fraction of sp³-hybridized carbons (Fsp3) is 0.368. The lowest BCUT2D eigenvalue weighted by atomic mass is 10.2. The summed E-state index contributed by atoms with van der Waals surface area (Å²) < 4.78 is 74.4. The highest BCUT2D eigenvalue weighted by Crippen LogP contribution is 2.32. The van der Waals surface area contributed by atoms with Crippen molar-refractivity contribution < 1.29 is 26.3 Å². The van der Waals surface area contributed by atoms with E-state index in [4.69, 9.17) is 4.74 Å². The Bertz CT molecular complexity index is 1160. The van der Waals surface area contributed by atoms with E-state index in [1.165, 1.54) is 34.5 Å². The second-order valence-corrected chi connectivity index (χ2v) is 10.9. The van der Waals surface area contributed by atoms with Crippen molar-refractivity contribution in [3.8, 4) is 5.69 Å². The van der Waals surface area contributed by atoms with Crippen LogP contribution in [0.1, 0.15) is 24.2 Å². The normalized spacial score (nSPS) is 17.2. The average Bonchev–Trinajstić information content (AvgIpc) is 3.52. The second-order valence-electron chi connectivity index (χ2n) is 6.98. The number of hydrogen-bond acceptors (Lipinski definition) is 7. The molecule has 0 radical (unpaired) electrons. The predicted octanol–water partition coefficient (Wildman–Crippen LogP) is 4.10. The molecule has 3 aromatic rings. The van der Waals surface area contributed by atoms with Gasteiger partial charge in [-0.05, 0) is 42.5 Å². The van der Waals surface area contributed by atoms with Gasteiger partial charge in [0.1, 0.15) is 4.21 Å². The van der Waals surface area contributed by atoms with E-state index < -0.39 is 21.8 Å². The van der Waals surface area contributed by atoms with Crippen LogP contribution in [-0.2, 0) is 27.5 Å². The minimum absolute atomic E-state index is 0.0347. The molecule has 1 unspecified atom stereocenters. The third kappa shape index (κ3) is 5.34. The number of hydrogen-bond donors (Lipinski definition) is 1. The third-order valence-corrected chi connectivity index (χ3v) is 8.59. The maximum absolute atomic E-state index is 13.3. The van der Waals surface area contributed by atoms with Crippen molar-refractivity contribution in [2.75, 3.05) is 12.4 Å². The molecule has 13 heteroatoms. The minimum Gasteiger partial charge on any atom is -0.377 e. The van der Waals surface area contributed by atoms with Gasteiger partial charge >= 0.3 is 6.18 Å². The lowest BCUT2D eigenvalue weighted by molar-refractivity contribution is -0.137. The first-order chi connectivity index (χ1) is 15.2. The lowest BCUT2D eigenvalue weighted by Crippen LogP contribution is -2.24. The Balaban J connectivity index is 1.64. The summed E-state index contributed by atoms with van der Waals surface area (Å²) in [5.41, 5.74) is -0.617. The quantitative estimate of drug-likeness (QED) is 0.465. The smallest absolute Gasteiger partial charge is 0.377 e. The van der Waals surface area contributed by atoms with Crippen molar-refractivity contribution in [2.24, 2.45) is 0 Å². The Morgan fingerprint density at radius 3 is 2.78 bits per heavy atom. The maximum atomic E-state index is 13.3. The molecule has 1 N–H and O–H groups in total. The summed E-state index contributed by atoms with van der Waals surface area (Å²) in [6.07, 6.45) is -2.62. The molecule has 0 saturated carbocycles. The summed E-state index contributed by atoms with van der Waals surface area (Å²) in [6, 6.07) is 7.86. The van der Waals surface area contributed by atoms with E-state index in [-0.39, 0.29) is 28.4 Å². The number of nitrogens with one attached hydrogen (secondary N) is 1. The molecule has 172 valence electrons. The number of benzene rings is 1. The minimum atomic E-state index is -4.52. The van der Waals surface area contributed by atoms with E-state index in [1.54, 1.807) is 11.4 Å². The summed E-state index contributed by atoms with van der Waals surface area (Å²) >= 11 is 2.37. The third-order valence-electron chi connectivity index (χ3n) is 4.73. The van der Waals surface area contributed by atoms with E-state index in [0.717, 1.165) is 36.3 Å². The van der Waals surface area contributed by atoms with Gasteiger partial charge in [-0.3, -0.25) is 4.57 Å². The number of thioether (sulfide) groups is 1. The number of sulfonamides is 1. The Morgan fingerprint density at radius 1 is 1.25 bits per heavy atom. The molecule has 32 heavy (non-hydrogen) atoms. The predicted molar refractivity (Wildman–Crippen MR) is 114 cm³/mol. The Labute approximate surface area is 191 Å². The van der Waals surface area contributed by atoms with Crippen molar-refractivity contribution in [3.05, 3.63) is 53.2 Å². The highest BCUT2D eigenvalue weighted by molar-refractivity contribution is 7.99. The van der Waals surface area contributed by atoms with Gasteiger partial charge in [-0.1, -0.05) is 23.9 Å². The van der Waals surface area contributed by atoms with Crippen LogP contribution in [0.3, 0.4) is 0 Å².